The van der Waals surface area contributed by atoms with E-state index in [4.69, 9.17) is 0 Å². The Morgan fingerprint density at radius 2 is 2.07 bits per heavy atom. The first-order valence-electron chi connectivity index (χ1n) is 9.47. The van der Waals surface area contributed by atoms with Crippen LogP contribution in [0.15, 0.2) is 55.1 Å². The molecule has 9 heteroatoms. The van der Waals surface area contributed by atoms with Gasteiger partial charge in [0.1, 0.15) is 12.7 Å². The van der Waals surface area contributed by atoms with Crippen molar-refractivity contribution in [3.8, 4) is 5.69 Å². The fourth-order valence-corrected chi connectivity index (χ4v) is 3.86. The average molecular weight is 415 g/mol. The zero-order valence-corrected chi connectivity index (χ0v) is 16.2. The Kier molecular flexibility index (Phi) is 5.29. The topological polar surface area (TPSA) is 63.1 Å². The molecule has 0 radical (unpaired) electrons. The third-order valence-electron chi connectivity index (χ3n) is 5.29. The van der Waals surface area contributed by atoms with Gasteiger partial charge in [0, 0.05) is 6.04 Å². The van der Waals surface area contributed by atoms with Gasteiger partial charge in [0.25, 0.3) is 0 Å². The smallest absolute Gasteiger partial charge is 0.323 e. The Balaban J connectivity index is 1.54. The molecule has 0 aliphatic heterocycles. The summed E-state index contributed by atoms with van der Waals surface area (Å²) in [5.41, 5.74) is 1.94. The number of fused-ring (bicyclic) bond motifs is 1. The lowest BCUT2D eigenvalue weighted by molar-refractivity contribution is -0.137. The van der Waals surface area contributed by atoms with Gasteiger partial charge in [-0.3, -0.25) is 9.69 Å². The minimum absolute atomic E-state index is 0.0283. The van der Waals surface area contributed by atoms with Crippen LogP contribution in [0, 0.1) is 0 Å². The third-order valence-corrected chi connectivity index (χ3v) is 5.29. The van der Waals surface area contributed by atoms with Crippen molar-refractivity contribution in [3.05, 3.63) is 71.8 Å². The fraction of sp³-hybridized carbons (Fsp3) is 0.286. The van der Waals surface area contributed by atoms with Crippen LogP contribution in [0.5, 0.6) is 0 Å². The van der Waals surface area contributed by atoms with Gasteiger partial charge in [-0.05, 0) is 49.2 Å². The number of carbonyl (C=O) groups excluding carboxylic acids is 1. The van der Waals surface area contributed by atoms with E-state index >= 15 is 0 Å². The van der Waals surface area contributed by atoms with Gasteiger partial charge in [-0.2, -0.15) is 18.3 Å². The van der Waals surface area contributed by atoms with Crippen LogP contribution in [0.25, 0.3) is 5.69 Å². The monoisotopic (exact) mass is 415 g/mol. The highest BCUT2D eigenvalue weighted by Gasteiger charge is 2.32. The van der Waals surface area contributed by atoms with Crippen molar-refractivity contribution in [2.24, 2.45) is 0 Å². The Morgan fingerprint density at radius 1 is 1.27 bits per heavy atom. The molecule has 0 fully saturated rings. The zero-order chi connectivity index (χ0) is 21.3. The fourth-order valence-electron chi connectivity index (χ4n) is 3.86. The van der Waals surface area contributed by atoms with E-state index in [1.807, 2.05) is 24.1 Å². The third kappa shape index (κ3) is 4.06. The Bertz CT molecular complexity index is 1050. The molecule has 2 aromatic carbocycles. The molecule has 1 aromatic heterocycles. The highest BCUT2D eigenvalue weighted by Crippen LogP contribution is 2.35. The van der Waals surface area contributed by atoms with Gasteiger partial charge in [0.2, 0.25) is 5.91 Å². The van der Waals surface area contributed by atoms with Crippen molar-refractivity contribution in [3.63, 3.8) is 0 Å². The van der Waals surface area contributed by atoms with Crippen LogP contribution in [0.3, 0.4) is 0 Å². The van der Waals surface area contributed by atoms with E-state index in [2.05, 4.69) is 27.5 Å². The van der Waals surface area contributed by atoms with Gasteiger partial charge in [0.15, 0.2) is 0 Å². The molecule has 4 rings (SSSR count). The van der Waals surface area contributed by atoms with Gasteiger partial charge in [-0.25, -0.2) is 9.67 Å². The minimum atomic E-state index is -4.52. The molecule has 6 nitrogen and oxygen atoms in total. The number of halogens is 3. The second kappa shape index (κ2) is 7.91. The summed E-state index contributed by atoms with van der Waals surface area (Å²) >= 11 is 0. The number of likely N-dealkylation sites (N-methyl/N-ethyl adjacent to an activating group) is 1. The molecule has 0 saturated heterocycles. The Morgan fingerprint density at radius 3 is 2.80 bits per heavy atom. The average Bonchev–Trinajstić information content (AvgIpc) is 3.37. The maximum atomic E-state index is 13.2. The van der Waals surface area contributed by atoms with Gasteiger partial charge in [-0.1, -0.05) is 24.3 Å². The molecule has 1 aliphatic carbocycles. The van der Waals surface area contributed by atoms with E-state index in [1.165, 1.54) is 34.5 Å². The summed E-state index contributed by atoms with van der Waals surface area (Å²) in [6.07, 6.45) is -0.0487. The lowest BCUT2D eigenvalue weighted by atomic mass is 10.1. The highest BCUT2D eigenvalue weighted by molar-refractivity contribution is 5.94. The summed E-state index contributed by atoms with van der Waals surface area (Å²) < 4.78 is 40.8. The number of benzene rings is 2. The van der Waals surface area contributed by atoms with Gasteiger partial charge < -0.3 is 5.32 Å². The first-order chi connectivity index (χ1) is 14.3. The number of aryl methyl sites for hydroxylation is 1. The molecular weight excluding hydrogens is 395 g/mol. The van der Waals surface area contributed by atoms with Crippen LogP contribution >= 0.6 is 0 Å². The predicted molar refractivity (Wildman–Crippen MR) is 105 cm³/mol. The summed E-state index contributed by atoms with van der Waals surface area (Å²) in [5, 5.41) is 6.58. The molecule has 3 aromatic rings. The van der Waals surface area contributed by atoms with Crippen LogP contribution < -0.4 is 5.32 Å². The maximum absolute atomic E-state index is 13.2. The highest BCUT2D eigenvalue weighted by atomic mass is 19.4. The number of hydrogen-bond donors (Lipinski definition) is 1. The number of anilines is 1. The van der Waals surface area contributed by atoms with Gasteiger partial charge >= 0.3 is 6.18 Å². The number of rotatable bonds is 5. The first kappa shape index (κ1) is 20.1. The second-order valence-electron chi connectivity index (χ2n) is 7.29. The molecule has 156 valence electrons. The van der Waals surface area contributed by atoms with Gasteiger partial charge in [0.05, 0.1) is 23.5 Å². The second-order valence-corrected chi connectivity index (χ2v) is 7.29. The van der Waals surface area contributed by atoms with Crippen LogP contribution in [0.2, 0.25) is 0 Å². The van der Waals surface area contributed by atoms with Gasteiger partial charge in [-0.15, -0.1) is 0 Å². The van der Waals surface area contributed by atoms with Crippen molar-refractivity contribution in [1.82, 2.24) is 19.7 Å². The number of nitrogens with zero attached hydrogens (tertiary/aromatic N) is 4. The first-order valence-corrected chi connectivity index (χ1v) is 9.47. The Hall–Kier alpha value is -3.20. The zero-order valence-electron chi connectivity index (χ0n) is 16.2. The minimum Gasteiger partial charge on any atom is -0.323 e. The molecule has 1 amide bonds. The molecule has 1 N–H and O–H groups in total. The summed E-state index contributed by atoms with van der Waals surface area (Å²) in [6.45, 7) is 0.0477. The number of aromatic nitrogens is 3. The van der Waals surface area contributed by atoms with Crippen LogP contribution in [-0.4, -0.2) is 39.2 Å². The van der Waals surface area contributed by atoms with Crippen LogP contribution in [-0.2, 0) is 17.4 Å². The molecule has 1 unspecified atom stereocenters. The molecule has 0 spiro atoms. The standard InChI is InChI=1S/C21H20F3N5O/c1-28(18-8-6-14-4-2-3-5-16(14)18)11-20(30)27-17-10-15(21(22,23)24)7-9-19(17)29-13-25-12-26-29/h2-5,7,9-10,12-13,18H,6,8,11H2,1H3,(H,27,30). The van der Waals surface area contributed by atoms with Crippen LogP contribution in [0.1, 0.15) is 29.2 Å². The largest absolute Gasteiger partial charge is 0.416 e. The van der Waals surface area contributed by atoms with Crippen molar-refractivity contribution in [1.29, 1.82) is 0 Å². The molecule has 1 atom stereocenters. The number of nitrogens with one attached hydrogen (secondary N) is 1. The van der Waals surface area contributed by atoms with Crippen molar-refractivity contribution in [2.75, 3.05) is 18.9 Å². The van der Waals surface area contributed by atoms with E-state index in [-0.39, 0.29) is 18.3 Å². The lowest BCUT2D eigenvalue weighted by Gasteiger charge is -2.25. The molecule has 1 heterocycles. The van der Waals surface area contributed by atoms with E-state index in [1.54, 1.807) is 0 Å². The van der Waals surface area contributed by atoms with Crippen LogP contribution in [0.4, 0.5) is 18.9 Å². The predicted octanol–water partition coefficient (Wildman–Crippen LogP) is 3.84. The lowest BCUT2D eigenvalue weighted by Crippen LogP contribution is -2.32. The molecule has 1 aliphatic rings. The van der Waals surface area contributed by atoms with E-state index in [0.717, 1.165) is 25.0 Å². The summed E-state index contributed by atoms with van der Waals surface area (Å²) in [7, 11) is 1.84. The molecular formula is C21H20F3N5O. The molecule has 30 heavy (non-hydrogen) atoms. The quantitative estimate of drug-likeness (QED) is 0.688. The number of hydrogen-bond acceptors (Lipinski definition) is 4. The SMILES string of the molecule is CN(CC(=O)Nc1cc(C(F)(F)F)ccc1-n1cncn1)C1CCc2ccccc21. The molecule has 0 saturated carbocycles. The number of alkyl halides is 3. The molecule has 0 bridgehead atoms. The summed E-state index contributed by atoms with van der Waals surface area (Å²) in [4.78, 5) is 18.4. The summed E-state index contributed by atoms with van der Waals surface area (Å²) in [6, 6.07) is 11.3. The normalized spacial score (nSPS) is 16.0. The van der Waals surface area contributed by atoms with Crippen molar-refractivity contribution < 1.29 is 18.0 Å². The summed E-state index contributed by atoms with van der Waals surface area (Å²) in [5.74, 6) is -0.400. The Labute approximate surface area is 171 Å². The van der Waals surface area contributed by atoms with E-state index in [9.17, 15) is 18.0 Å². The van der Waals surface area contributed by atoms with Crippen molar-refractivity contribution >= 4 is 11.6 Å². The van der Waals surface area contributed by atoms with E-state index < -0.39 is 17.6 Å². The number of amides is 1. The number of carbonyl (C=O) groups is 1. The maximum Gasteiger partial charge on any atom is 0.416 e. The van der Waals surface area contributed by atoms with E-state index in [0.29, 0.717) is 5.69 Å². The van der Waals surface area contributed by atoms with Crippen molar-refractivity contribution in [2.45, 2.75) is 25.1 Å².